The lowest BCUT2D eigenvalue weighted by Crippen LogP contribution is -2.54. The zero-order valence-electron chi connectivity index (χ0n) is 19.7. The molecule has 0 N–H and O–H groups in total. The van der Waals surface area contributed by atoms with Crippen molar-refractivity contribution in [3.63, 3.8) is 0 Å². The van der Waals surface area contributed by atoms with Crippen molar-refractivity contribution in [1.29, 1.82) is 0 Å². The molecule has 3 heterocycles. The first-order valence-electron chi connectivity index (χ1n) is 11.6. The van der Waals surface area contributed by atoms with Gasteiger partial charge in [-0.2, -0.15) is 0 Å². The minimum atomic E-state index is -0.738. The summed E-state index contributed by atoms with van der Waals surface area (Å²) in [6.45, 7) is 5.27. The highest BCUT2D eigenvalue weighted by Crippen LogP contribution is 2.35. The Kier molecular flexibility index (Phi) is 6.94. The molecular weight excluding hydrogens is 454 g/mol. The summed E-state index contributed by atoms with van der Waals surface area (Å²) in [5.41, 5.74) is 0.835. The van der Waals surface area contributed by atoms with Crippen molar-refractivity contribution in [2.45, 2.75) is 32.8 Å². The molecule has 0 saturated carbocycles. The van der Waals surface area contributed by atoms with Crippen LogP contribution in [0.2, 0.25) is 0 Å². The molecule has 11 nitrogen and oxygen atoms in total. The molecule has 1 aromatic heterocycles. The fourth-order valence-corrected chi connectivity index (χ4v) is 4.21. The van der Waals surface area contributed by atoms with Crippen molar-refractivity contribution in [2.75, 3.05) is 42.5 Å². The van der Waals surface area contributed by atoms with Gasteiger partial charge in [0.15, 0.2) is 11.9 Å². The number of Topliss-reactive ketones (excluding diaryl/α,β-unsaturated/α-hetero) is 1. The van der Waals surface area contributed by atoms with E-state index in [-0.39, 0.29) is 29.8 Å². The number of fused-ring (bicyclic) bond motifs is 1. The molecule has 184 valence electrons. The number of anilines is 2. The number of pyridine rings is 1. The largest absolute Gasteiger partial charge is 0.479 e. The van der Waals surface area contributed by atoms with Gasteiger partial charge in [-0.05, 0) is 37.6 Å². The van der Waals surface area contributed by atoms with Gasteiger partial charge in [0.25, 0.3) is 11.6 Å². The zero-order valence-corrected chi connectivity index (χ0v) is 19.7. The Morgan fingerprint density at radius 1 is 1.17 bits per heavy atom. The van der Waals surface area contributed by atoms with Crippen molar-refractivity contribution in [3.05, 3.63) is 52.2 Å². The first kappa shape index (κ1) is 24.1. The van der Waals surface area contributed by atoms with Gasteiger partial charge < -0.3 is 14.5 Å². The Morgan fingerprint density at radius 2 is 1.91 bits per heavy atom. The summed E-state index contributed by atoms with van der Waals surface area (Å²) in [5.74, 6) is 0.508. The van der Waals surface area contributed by atoms with E-state index in [2.05, 4.69) is 4.98 Å². The fraction of sp³-hybridized carbons (Fsp3) is 0.417. The second kappa shape index (κ2) is 10.1. The van der Waals surface area contributed by atoms with Crippen molar-refractivity contribution < 1.29 is 24.0 Å². The van der Waals surface area contributed by atoms with Crippen LogP contribution in [0.5, 0.6) is 5.75 Å². The third-order valence-corrected chi connectivity index (χ3v) is 6.16. The maximum Gasteiger partial charge on any atom is 0.287 e. The number of benzene rings is 1. The monoisotopic (exact) mass is 481 g/mol. The zero-order chi connectivity index (χ0) is 25.1. The number of aromatic nitrogens is 1. The van der Waals surface area contributed by atoms with Crippen molar-refractivity contribution in [2.24, 2.45) is 0 Å². The topological polar surface area (TPSA) is 126 Å². The summed E-state index contributed by atoms with van der Waals surface area (Å²) in [6, 6.07) is 7.99. The Morgan fingerprint density at radius 3 is 2.54 bits per heavy atom. The maximum absolute atomic E-state index is 13.1. The molecule has 1 atom stereocenters. The van der Waals surface area contributed by atoms with Crippen LogP contribution in [0.15, 0.2) is 36.5 Å². The Labute approximate surface area is 202 Å². The number of rotatable bonds is 7. The Balaban J connectivity index is 1.44. The van der Waals surface area contributed by atoms with Crippen LogP contribution < -0.4 is 14.5 Å². The summed E-state index contributed by atoms with van der Waals surface area (Å²) in [5, 5.41) is 10.8. The molecule has 35 heavy (non-hydrogen) atoms. The molecule has 0 spiro atoms. The molecule has 1 aromatic carbocycles. The molecule has 11 heteroatoms. The number of hydrogen-bond acceptors (Lipinski definition) is 8. The predicted molar refractivity (Wildman–Crippen MR) is 128 cm³/mol. The third kappa shape index (κ3) is 5.08. The third-order valence-electron chi connectivity index (χ3n) is 6.16. The molecule has 0 radical (unpaired) electrons. The standard InChI is InChI=1S/C24H27N5O6/c1-3-4-20(30)17-5-7-21-19(13-17)28(24(32)16(2)35-21)15-23(31)27-11-9-26(10-12-27)22-8-6-18(14-25-22)29(33)34/h5-8,13-14,16H,3-4,9-12,15H2,1-2H3. The van der Waals surface area contributed by atoms with E-state index < -0.39 is 11.0 Å². The van der Waals surface area contributed by atoms with Crippen LogP contribution in [0.25, 0.3) is 0 Å². The summed E-state index contributed by atoms with van der Waals surface area (Å²) in [7, 11) is 0. The summed E-state index contributed by atoms with van der Waals surface area (Å²) in [4.78, 5) is 57.9. The second-order valence-corrected chi connectivity index (χ2v) is 8.54. The molecule has 2 aliphatic rings. The van der Waals surface area contributed by atoms with E-state index in [0.29, 0.717) is 61.8 Å². The molecule has 4 rings (SSSR count). The summed E-state index contributed by atoms with van der Waals surface area (Å²) >= 11 is 0. The van der Waals surface area contributed by atoms with Crippen LogP contribution in [0, 0.1) is 10.1 Å². The summed E-state index contributed by atoms with van der Waals surface area (Å²) < 4.78 is 5.70. The molecule has 0 aliphatic carbocycles. The van der Waals surface area contributed by atoms with E-state index in [9.17, 15) is 24.5 Å². The Bertz CT molecular complexity index is 1140. The SMILES string of the molecule is CCCC(=O)c1ccc2c(c1)N(CC(=O)N1CCN(c3ccc([N+](=O)[O-])cn3)CC1)C(=O)C(C)O2. The van der Waals surface area contributed by atoms with Gasteiger partial charge in [-0.15, -0.1) is 0 Å². The number of amides is 2. The number of nitrogens with zero attached hydrogens (tertiary/aromatic N) is 5. The first-order chi connectivity index (χ1) is 16.8. The number of hydrogen-bond donors (Lipinski definition) is 0. The van der Waals surface area contributed by atoms with Crippen molar-refractivity contribution in [1.82, 2.24) is 9.88 Å². The molecule has 0 bridgehead atoms. The van der Waals surface area contributed by atoms with E-state index in [1.54, 1.807) is 36.1 Å². The lowest BCUT2D eigenvalue weighted by atomic mass is 10.0. The van der Waals surface area contributed by atoms with Gasteiger partial charge in [0.2, 0.25) is 5.91 Å². The molecule has 1 saturated heterocycles. The average Bonchev–Trinajstić information content (AvgIpc) is 2.86. The number of ketones is 1. The molecule has 1 fully saturated rings. The number of nitro groups is 1. The van der Waals surface area contributed by atoms with E-state index in [4.69, 9.17) is 4.74 Å². The normalized spacial score (nSPS) is 17.6. The van der Waals surface area contributed by atoms with E-state index >= 15 is 0 Å². The van der Waals surface area contributed by atoms with E-state index in [1.807, 2.05) is 11.8 Å². The van der Waals surface area contributed by atoms with Crippen molar-refractivity contribution in [3.8, 4) is 5.75 Å². The van der Waals surface area contributed by atoms with Gasteiger partial charge in [-0.25, -0.2) is 4.98 Å². The molecule has 2 aromatic rings. The van der Waals surface area contributed by atoms with Crippen molar-refractivity contribution >= 4 is 34.8 Å². The van der Waals surface area contributed by atoms with Gasteiger partial charge in [-0.1, -0.05) is 6.92 Å². The van der Waals surface area contributed by atoms with Crippen LogP contribution in [-0.2, 0) is 9.59 Å². The molecular formula is C24H27N5O6. The highest BCUT2D eigenvalue weighted by Gasteiger charge is 2.35. The molecule has 1 unspecified atom stereocenters. The van der Waals surface area contributed by atoms with Gasteiger partial charge >= 0.3 is 0 Å². The molecule has 2 amide bonds. The fourth-order valence-electron chi connectivity index (χ4n) is 4.21. The van der Waals surface area contributed by atoms with E-state index in [0.717, 1.165) is 0 Å². The number of carbonyl (C=O) groups excluding carboxylic acids is 3. The smallest absolute Gasteiger partial charge is 0.287 e. The lowest BCUT2D eigenvalue weighted by molar-refractivity contribution is -0.385. The highest BCUT2D eigenvalue weighted by atomic mass is 16.6. The number of ether oxygens (including phenoxy) is 1. The van der Waals surface area contributed by atoms with Gasteiger partial charge in [-0.3, -0.25) is 29.4 Å². The van der Waals surface area contributed by atoms with Crippen LogP contribution >= 0.6 is 0 Å². The predicted octanol–water partition coefficient (Wildman–Crippen LogP) is 2.44. The van der Waals surface area contributed by atoms with Gasteiger partial charge in [0.05, 0.1) is 10.6 Å². The number of piperazine rings is 1. The Hall–Kier alpha value is -4.02. The van der Waals surface area contributed by atoms with E-state index in [1.165, 1.54) is 17.2 Å². The first-order valence-corrected chi connectivity index (χ1v) is 11.6. The maximum atomic E-state index is 13.1. The van der Waals surface area contributed by atoms with Crippen LogP contribution in [-0.4, -0.2) is 71.2 Å². The average molecular weight is 482 g/mol. The van der Waals surface area contributed by atoms with Gasteiger partial charge in [0, 0.05) is 44.2 Å². The quantitative estimate of drug-likeness (QED) is 0.335. The van der Waals surface area contributed by atoms with Crippen LogP contribution in [0.4, 0.5) is 17.2 Å². The molecule has 2 aliphatic heterocycles. The highest BCUT2D eigenvalue weighted by molar-refractivity contribution is 6.05. The lowest BCUT2D eigenvalue weighted by Gasteiger charge is -2.38. The second-order valence-electron chi connectivity index (χ2n) is 8.54. The number of carbonyl (C=O) groups is 3. The summed E-state index contributed by atoms with van der Waals surface area (Å²) in [6.07, 6.45) is 1.59. The minimum Gasteiger partial charge on any atom is -0.479 e. The minimum absolute atomic E-state index is 0.0244. The van der Waals surface area contributed by atoms with Crippen LogP contribution in [0.3, 0.4) is 0 Å². The van der Waals surface area contributed by atoms with Crippen LogP contribution in [0.1, 0.15) is 37.0 Å². The van der Waals surface area contributed by atoms with Gasteiger partial charge in [0.1, 0.15) is 24.3 Å².